The Bertz CT molecular complexity index is 602. The molecule has 0 radical (unpaired) electrons. The highest BCUT2D eigenvalue weighted by atomic mass is 16.2. The number of carbonyl (C=O) groups is 2. The minimum atomic E-state index is -0.0804. The van der Waals surface area contributed by atoms with E-state index >= 15 is 0 Å². The van der Waals surface area contributed by atoms with Crippen molar-refractivity contribution in [2.45, 2.75) is 51.5 Å². The summed E-state index contributed by atoms with van der Waals surface area (Å²) >= 11 is 0. The number of amides is 2. The molecule has 1 aromatic rings. The second kappa shape index (κ2) is 8.08. The van der Waals surface area contributed by atoms with Gasteiger partial charge in [-0.2, -0.15) is 0 Å². The lowest BCUT2D eigenvalue weighted by molar-refractivity contribution is -0.132. The molecule has 1 N–H and O–H groups in total. The van der Waals surface area contributed by atoms with Crippen LogP contribution in [0.1, 0.15) is 44.9 Å². The highest BCUT2D eigenvalue weighted by Gasteiger charge is 2.18. The summed E-state index contributed by atoms with van der Waals surface area (Å²) in [6.07, 6.45) is 12.8. The zero-order valence-corrected chi connectivity index (χ0v) is 14.0. The van der Waals surface area contributed by atoms with Crippen LogP contribution < -0.4 is 5.32 Å². The van der Waals surface area contributed by atoms with Crippen LogP contribution in [-0.4, -0.2) is 44.6 Å². The summed E-state index contributed by atoms with van der Waals surface area (Å²) in [5.74, 6) is 0.571. The molecule has 3 rings (SSSR count). The van der Waals surface area contributed by atoms with Gasteiger partial charge in [-0.05, 0) is 31.6 Å². The van der Waals surface area contributed by atoms with Crippen molar-refractivity contribution in [2.75, 3.05) is 18.4 Å². The lowest BCUT2D eigenvalue weighted by atomic mass is 10.1. The molecular formula is C17H25N5O2. The number of hydrogen-bond donors (Lipinski definition) is 1. The quantitative estimate of drug-likeness (QED) is 0.837. The molecule has 2 amide bonds. The van der Waals surface area contributed by atoms with Crippen LogP contribution in [0.3, 0.4) is 0 Å². The molecule has 7 heteroatoms. The highest BCUT2D eigenvalue weighted by molar-refractivity contribution is 5.89. The predicted octanol–water partition coefficient (Wildman–Crippen LogP) is 1.98. The first kappa shape index (κ1) is 16.7. The monoisotopic (exact) mass is 331 g/mol. The standard InChI is InChI=1S/C17H25N5O2/c23-15(11-14-7-3-4-8-14)19-17-18-13-22(20-17)12-16(24)21-9-5-1-2-6-10-21/h3,7,13-14H,1-2,4-6,8-12H2,(H,19,20,23). The van der Waals surface area contributed by atoms with Gasteiger partial charge in [-0.1, -0.05) is 25.0 Å². The molecule has 2 heterocycles. The maximum Gasteiger partial charge on any atom is 0.248 e. The average molecular weight is 331 g/mol. The Labute approximate surface area is 142 Å². The molecule has 0 spiro atoms. The number of nitrogens with one attached hydrogen (secondary N) is 1. The fraction of sp³-hybridized carbons (Fsp3) is 0.647. The van der Waals surface area contributed by atoms with Gasteiger partial charge in [0.15, 0.2) is 0 Å². The van der Waals surface area contributed by atoms with Crippen LogP contribution in [0, 0.1) is 5.92 Å². The Morgan fingerprint density at radius 3 is 2.71 bits per heavy atom. The number of aromatic nitrogens is 3. The van der Waals surface area contributed by atoms with Crippen LogP contribution in [0.4, 0.5) is 5.95 Å². The summed E-state index contributed by atoms with van der Waals surface area (Å²) in [6.45, 7) is 1.83. The molecule has 1 aliphatic heterocycles. The van der Waals surface area contributed by atoms with E-state index in [9.17, 15) is 9.59 Å². The summed E-state index contributed by atoms with van der Waals surface area (Å²) in [6, 6.07) is 0. The second-order valence-corrected chi connectivity index (χ2v) is 6.58. The van der Waals surface area contributed by atoms with Gasteiger partial charge in [-0.25, -0.2) is 9.67 Å². The highest BCUT2D eigenvalue weighted by Crippen LogP contribution is 2.20. The number of hydrogen-bond acceptors (Lipinski definition) is 4. The number of allylic oxidation sites excluding steroid dienone is 2. The van der Waals surface area contributed by atoms with Gasteiger partial charge in [-0.15, -0.1) is 5.10 Å². The molecule has 7 nitrogen and oxygen atoms in total. The Kier molecular flexibility index (Phi) is 5.61. The van der Waals surface area contributed by atoms with Gasteiger partial charge in [0.25, 0.3) is 0 Å². The van der Waals surface area contributed by atoms with Crippen molar-refractivity contribution < 1.29 is 9.59 Å². The molecule has 0 bridgehead atoms. The predicted molar refractivity (Wildman–Crippen MR) is 90.2 cm³/mol. The minimum absolute atomic E-state index is 0.0655. The minimum Gasteiger partial charge on any atom is -0.341 e. The van der Waals surface area contributed by atoms with E-state index in [2.05, 4.69) is 27.6 Å². The third kappa shape index (κ3) is 4.66. The van der Waals surface area contributed by atoms with Gasteiger partial charge in [0.2, 0.25) is 17.8 Å². The van der Waals surface area contributed by atoms with Crippen LogP contribution in [0.25, 0.3) is 0 Å². The van der Waals surface area contributed by atoms with Crippen molar-refractivity contribution >= 4 is 17.8 Å². The Morgan fingerprint density at radius 1 is 1.21 bits per heavy atom. The summed E-state index contributed by atoms with van der Waals surface area (Å²) in [5.41, 5.74) is 0. The SMILES string of the molecule is O=C(CC1C=CCC1)Nc1ncn(CC(=O)N2CCCCCC2)n1. The zero-order chi connectivity index (χ0) is 16.8. The average Bonchev–Trinajstić information content (AvgIpc) is 3.12. The van der Waals surface area contributed by atoms with Crippen molar-refractivity contribution in [1.29, 1.82) is 0 Å². The second-order valence-electron chi connectivity index (χ2n) is 6.58. The van der Waals surface area contributed by atoms with E-state index in [4.69, 9.17) is 0 Å². The van der Waals surface area contributed by atoms with Crippen molar-refractivity contribution in [2.24, 2.45) is 5.92 Å². The zero-order valence-electron chi connectivity index (χ0n) is 14.0. The van der Waals surface area contributed by atoms with Gasteiger partial charge in [0.05, 0.1) is 0 Å². The number of anilines is 1. The van der Waals surface area contributed by atoms with Gasteiger partial charge in [0.1, 0.15) is 12.9 Å². The van der Waals surface area contributed by atoms with Gasteiger partial charge < -0.3 is 4.90 Å². The normalized spacial score (nSPS) is 20.8. The third-order valence-electron chi connectivity index (χ3n) is 4.60. The Hall–Kier alpha value is -2.18. The van der Waals surface area contributed by atoms with Crippen LogP contribution in [0.2, 0.25) is 0 Å². The number of carbonyl (C=O) groups excluding carboxylic acids is 2. The first-order valence-corrected chi connectivity index (χ1v) is 8.84. The molecule has 1 fully saturated rings. The van der Waals surface area contributed by atoms with Gasteiger partial charge in [-0.3, -0.25) is 14.9 Å². The lowest BCUT2D eigenvalue weighted by Crippen LogP contribution is -2.34. The van der Waals surface area contributed by atoms with Crippen LogP contribution in [0.5, 0.6) is 0 Å². The van der Waals surface area contributed by atoms with Crippen molar-refractivity contribution in [1.82, 2.24) is 19.7 Å². The molecule has 130 valence electrons. The molecular weight excluding hydrogens is 306 g/mol. The smallest absolute Gasteiger partial charge is 0.248 e. The summed E-state index contributed by atoms with van der Waals surface area (Å²) in [5, 5.41) is 6.90. The fourth-order valence-corrected chi connectivity index (χ4v) is 3.27. The van der Waals surface area contributed by atoms with E-state index in [0.717, 1.165) is 38.8 Å². The van der Waals surface area contributed by atoms with Crippen molar-refractivity contribution in [3.05, 3.63) is 18.5 Å². The summed E-state index contributed by atoms with van der Waals surface area (Å²) < 4.78 is 1.50. The van der Waals surface area contributed by atoms with Gasteiger partial charge >= 0.3 is 0 Å². The largest absolute Gasteiger partial charge is 0.341 e. The molecule has 2 aliphatic rings. The van der Waals surface area contributed by atoms with Crippen LogP contribution in [-0.2, 0) is 16.1 Å². The van der Waals surface area contributed by atoms with E-state index < -0.39 is 0 Å². The third-order valence-corrected chi connectivity index (χ3v) is 4.60. The number of nitrogens with zero attached hydrogens (tertiary/aromatic N) is 4. The molecule has 1 aromatic heterocycles. The van der Waals surface area contributed by atoms with Crippen LogP contribution >= 0.6 is 0 Å². The molecule has 0 aromatic carbocycles. The lowest BCUT2D eigenvalue weighted by Gasteiger charge is -2.19. The summed E-state index contributed by atoms with van der Waals surface area (Å²) in [4.78, 5) is 30.3. The van der Waals surface area contributed by atoms with E-state index in [1.54, 1.807) is 0 Å². The molecule has 1 aliphatic carbocycles. The van der Waals surface area contributed by atoms with Crippen LogP contribution in [0.15, 0.2) is 18.5 Å². The van der Waals surface area contributed by atoms with E-state index in [1.807, 2.05) is 4.90 Å². The fourth-order valence-electron chi connectivity index (χ4n) is 3.27. The molecule has 0 saturated carbocycles. The molecule has 1 atom stereocenters. The molecule has 1 saturated heterocycles. The molecule has 24 heavy (non-hydrogen) atoms. The Balaban J connectivity index is 1.48. The number of rotatable bonds is 5. The first-order valence-electron chi connectivity index (χ1n) is 8.84. The van der Waals surface area contributed by atoms with Gasteiger partial charge in [0, 0.05) is 19.5 Å². The number of likely N-dealkylation sites (tertiary alicyclic amines) is 1. The molecule has 1 unspecified atom stereocenters. The first-order chi connectivity index (χ1) is 11.7. The van der Waals surface area contributed by atoms with E-state index in [0.29, 0.717) is 12.3 Å². The maximum absolute atomic E-state index is 12.3. The maximum atomic E-state index is 12.3. The summed E-state index contributed by atoms with van der Waals surface area (Å²) in [7, 11) is 0. The van der Waals surface area contributed by atoms with Crippen molar-refractivity contribution in [3.63, 3.8) is 0 Å². The van der Waals surface area contributed by atoms with E-state index in [1.165, 1.54) is 23.9 Å². The van der Waals surface area contributed by atoms with Crippen molar-refractivity contribution in [3.8, 4) is 0 Å². The topological polar surface area (TPSA) is 80.1 Å². The van der Waals surface area contributed by atoms with E-state index in [-0.39, 0.29) is 24.3 Å². The Morgan fingerprint density at radius 2 is 2.00 bits per heavy atom.